The molecule has 0 aliphatic rings. The van der Waals surface area contributed by atoms with E-state index in [0.717, 1.165) is 4.47 Å². The van der Waals surface area contributed by atoms with Gasteiger partial charge < -0.3 is 10.6 Å². The number of hydrogen-bond donors (Lipinski definition) is 2. The molecule has 1 rings (SSSR count). The Labute approximate surface area is 115 Å². The third kappa shape index (κ3) is 4.87. The molecule has 2 amide bonds. The molecule has 0 aromatic heterocycles. The van der Waals surface area contributed by atoms with E-state index >= 15 is 0 Å². The van der Waals surface area contributed by atoms with Gasteiger partial charge in [-0.05, 0) is 24.3 Å². The van der Waals surface area contributed by atoms with Crippen LogP contribution in [-0.2, 0) is 9.59 Å². The number of nitrogens with one attached hydrogen (secondary N) is 2. The average molecular weight is 313 g/mol. The van der Waals surface area contributed by atoms with Gasteiger partial charge in [0.15, 0.2) is 0 Å². The monoisotopic (exact) mass is 312 g/mol. The Morgan fingerprint density at radius 1 is 1.17 bits per heavy atom. The predicted molar refractivity (Wildman–Crippen MR) is 75.2 cm³/mol. The van der Waals surface area contributed by atoms with Crippen LogP contribution in [0, 0.1) is 5.41 Å². The lowest BCUT2D eigenvalue weighted by Gasteiger charge is -2.17. The summed E-state index contributed by atoms with van der Waals surface area (Å²) < 4.78 is 0.946. The van der Waals surface area contributed by atoms with Gasteiger partial charge in [0.05, 0.1) is 6.54 Å². The van der Waals surface area contributed by atoms with Crippen LogP contribution in [0.1, 0.15) is 20.8 Å². The van der Waals surface area contributed by atoms with Crippen molar-refractivity contribution in [2.24, 2.45) is 5.41 Å². The van der Waals surface area contributed by atoms with Crippen molar-refractivity contribution in [1.82, 2.24) is 5.32 Å². The maximum absolute atomic E-state index is 11.6. The first-order valence-corrected chi connectivity index (χ1v) is 6.42. The van der Waals surface area contributed by atoms with Crippen molar-refractivity contribution >= 4 is 33.4 Å². The number of amides is 2. The Bertz CT molecular complexity index is 435. The van der Waals surface area contributed by atoms with Crippen molar-refractivity contribution in [3.05, 3.63) is 28.7 Å². The van der Waals surface area contributed by atoms with E-state index in [1.54, 1.807) is 32.9 Å². The van der Waals surface area contributed by atoms with Crippen LogP contribution in [0.3, 0.4) is 0 Å². The minimum Gasteiger partial charge on any atom is -0.347 e. The summed E-state index contributed by atoms with van der Waals surface area (Å²) in [4.78, 5) is 23.2. The first-order valence-electron chi connectivity index (χ1n) is 5.63. The lowest BCUT2D eigenvalue weighted by Crippen LogP contribution is -2.39. The summed E-state index contributed by atoms with van der Waals surface area (Å²) in [6.45, 7) is 5.38. The zero-order valence-corrected chi connectivity index (χ0v) is 12.3. The molecule has 0 bridgehead atoms. The van der Waals surface area contributed by atoms with Gasteiger partial charge in [0.1, 0.15) is 0 Å². The summed E-state index contributed by atoms with van der Waals surface area (Å²) in [7, 11) is 0. The topological polar surface area (TPSA) is 58.2 Å². The largest absolute Gasteiger partial charge is 0.347 e. The van der Waals surface area contributed by atoms with E-state index in [9.17, 15) is 9.59 Å². The van der Waals surface area contributed by atoms with Gasteiger partial charge >= 0.3 is 0 Å². The molecular formula is C13H17BrN2O2. The molecule has 0 aliphatic heterocycles. The molecule has 1 aromatic carbocycles. The van der Waals surface area contributed by atoms with Gasteiger partial charge in [0.25, 0.3) is 0 Å². The van der Waals surface area contributed by atoms with E-state index in [2.05, 4.69) is 26.6 Å². The van der Waals surface area contributed by atoms with Crippen LogP contribution < -0.4 is 10.6 Å². The van der Waals surface area contributed by atoms with Gasteiger partial charge in [0, 0.05) is 15.6 Å². The van der Waals surface area contributed by atoms with Crippen LogP contribution in [0.15, 0.2) is 28.7 Å². The van der Waals surface area contributed by atoms with Crippen molar-refractivity contribution in [3.63, 3.8) is 0 Å². The maximum Gasteiger partial charge on any atom is 0.243 e. The maximum atomic E-state index is 11.6. The third-order valence-electron chi connectivity index (χ3n) is 2.22. The van der Waals surface area contributed by atoms with Crippen LogP contribution in [0.5, 0.6) is 0 Å². The molecule has 0 fully saturated rings. The van der Waals surface area contributed by atoms with Crippen molar-refractivity contribution in [2.45, 2.75) is 20.8 Å². The molecule has 0 spiro atoms. The zero-order chi connectivity index (χ0) is 13.8. The number of anilines is 1. The van der Waals surface area contributed by atoms with Crippen molar-refractivity contribution in [2.75, 3.05) is 11.9 Å². The highest BCUT2D eigenvalue weighted by Crippen LogP contribution is 2.14. The van der Waals surface area contributed by atoms with Crippen molar-refractivity contribution in [3.8, 4) is 0 Å². The molecule has 2 N–H and O–H groups in total. The van der Waals surface area contributed by atoms with E-state index in [1.807, 2.05) is 12.1 Å². The fraction of sp³-hybridized carbons (Fsp3) is 0.385. The highest BCUT2D eigenvalue weighted by Gasteiger charge is 2.21. The minimum atomic E-state index is -0.488. The van der Waals surface area contributed by atoms with Crippen LogP contribution >= 0.6 is 15.9 Å². The number of rotatable bonds is 3. The fourth-order valence-corrected chi connectivity index (χ4v) is 1.43. The second-order valence-corrected chi connectivity index (χ2v) is 5.90. The standard InChI is InChI=1S/C13H17BrN2O2/c1-13(2,3)12(18)15-8-11(17)16-10-6-4-9(14)5-7-10/h4-7H,8H2,1-3H3,(H,15,18)(H,16,17). The number of halogens is 1. The lowest BCUT2D eigenvalue weighted by atomic mass is 9.96. The molecule has 0 atom stereocenters. The summed E-state index contributed by atoms with van der Waals surface area (Å²) in [5.41, 5.74) is 0.214. The Morgan fingerprint density at radius 2 is 1.72 bits per heavy atom. The molecule has 0 unspecified atom stereocenters. The highest BCUT2D eigenvalue weighted by atomic mass is 79.9. The van der Waals surface area contributed by atoms with Crippen molar-refractivity contribution < 1.29 is 9.59 Å². The minimum absolute atomic E-state index is 0.0217. The van der Waals surface area contributed by atoms with Gasteiger partial charge in [0.2, 0.25) is 11.8 Å². The molecule has 0 saturated heterocycles. The molecular weight excluding hydrogens is 296 g/mol. The third-order valence-corrected chi connectivity index (χ3v) is 2.75. The Morgan fingerprint density at radius 3 is 2.22 bits per heavy atom. The molecule has 1 aromatic rings. The molecule has 18 heavy (non-hydrogen) atoms. The normalized spacial score (nSPS) is 10.9. The Kier molecular flexibility index (Phi) is 4.90. The Hall–Kier alpha value is -1.36. The first-order chi connectivity index (χ1) is 8.29. The van der Waals surface area contributed by atoms with Gasteiger partial charge in [-0.3, -0.25) is 9.59 Å². The molecule has 0 aliphatic carbocycles. The summed E-state index contributed by atoms with van der Waals surface area (Å²) >= 11 is 3.31. The van der Waals surface area contributed by atoms with Gasteiger partial charge in [-0.25, -0.2) is 0 Å². The lowest BCUT2D eigenvalue weighted by molar-refractivity contribution is -0.130. The van der Waals surface area contributed by atoms with Gasteiger partial charge in [-0.2, -0.15) is 0 Å². The molecule has 0 radical (unpaired) electrons. The van der Waals surface area contributed by atoms with Crippen LogP contribution in [0.2, 0.25) is 0 Å². The van der Waals surface area contributed by atoms with E-state index in [-0.39, 0.29) is 18.4 Å². The number of benzene rings is 1. The summed E-state index contributed by atoms with van der Waals surface area (Å²) in [5.74, 6) is -0.386. The second-order valence-electron chi connectivity index (χ2n) is 4.99. The van der Waals surface area contributed by atoms with Gasteiger partial charge in [-0.15, -0.1) is 0 Å². The van der Waals surface area contributed by atoms with Crippen LogP contribution in [0.25, 0.3) is 0 Å². The SMILES string of the molecule is CC(C)(C)C(=O)NCC(=O)Nc1ccc(Br)cc1. The number of carbonyl (C=O) groups is 2. The molecule has 5 heteroatoms. The fourth-order valence-electron chi connectivity index (χ4n) is 1.16. The van der Waals surface area contributed by atoms with Crippen LogP contribution in [0.4, 0.5) is 5.69 Å². The summed E-state index contributed by atoms with van der Waals surface area (Å²) in [6, 6.07) is 7.24. The quantitative estimate of drug-likeness (QED) is 0.901. The van der Waals surface area contributed by atoms with Crippen molar-refractivity contribution in [1.29, 1.82) is 0 Å². The Balaban J connectivity index is 2.43. The van der Waals surface area contributed by atoms with E-state index < -0.39 is 5.41 Å². The summed E-state index contributed by atoms with van der Waals surface area (Å²) in [5, 5.41) is 5.30. The average Bonchev–Trinajstić information content (AvgIpc) is 2.28. The van der Waals surface area contributed by atoms with Gasteiger partial charge in [-0.1, -0.05) is 36.7 Å². The molecule has 0 heterocycles. The second kappa shape index (κ2) is 6.00. The predicted octanol–water partition coefficient (Wildman–Crippen LogP) is 2.55. The summed E-state index contributed by atoms with van der Waals surface area (Å²) in [6.07, 6.45) is 0. The highest BCUT2D eigenvalue weighted by molar-refractivity contribution is 9.10. The molecule has 0 saturated carbocycles. The zero-order valence-electron chi connectivity index (χ0n) is 10.7. The molecule has 98 valence electrons. The first kappa shape index (κ1) is 14.7. The molecule has 4 nitrogen and oxygen atoms in total. The number of carbonyl (C=O) groups excluding carboxylic acids is 2. The smallest absolute Gasteiger partial charge is 0.243 e. The van der Waals surface area contributed by atoms with E-state index in [1.165, 1.54) is 0 Å². The van der Waals surface area contributed by atoms with E-state index in [0.29, 0.717) is 5.69 Å². The van der Waals surface area contributed by atoms with E-state index in [4.69, 9.17) is 0 Å². The van der Waals surface area contributed by atoms with Crippen LogP contribution in [-0.4, -0.2) is 18.4 Å². The number of hydrogen-bond acceptors (Lipinski definition) is 2.